The summed E-state index contributed by atoms with van der Waals surface area (Å²) in [5.74, 6) is -0.322. The molecule has 1 atom stereocenters. The number of amides is 1. The van der Waals surface area contributed by atoms with Gasteiger partial charge >= 0.3 is 0 Å². The summed E-state index contributed by atoms with van der Waals surface area (Å²) < 4.78 is 0. The Balaban J connectivity index is 2.21. The summed E-state index contributed by atoms with van der Waals surface area (Å²) in [6.07, 6.45) is -0.591. The van der Waals surface area contributed by atoms with E-state index < -0.39 is 6.10 Å². The Morgan fingerprint density at radius 1 is 1.30 bits per heavy atom. The zero-order chi connectivity index (χ0) is 14.7. The minimum Gasteiger partial charge on any atom is -0.399 e. The van der Waals surface area contributed by atoms with Gasteiger partial charge in [0.1, 0.15) is 0 Å². The predicted molar refractivity (Wildman–Crippen MR) is 80.9 cm³/mol. The summed E-state index contributed by atoms with van der Waals surface area (Å²) in [4.78, 5) is 12.1. The number of nitrogens with one attached hydrogen (secondary N) is 1. The van der Waals surface area contributed by atoms with Gasteiger partial charge in [-0.15, -0.1) is 0 Å². The lowest BCUT2D eigenvalue weighted by Crippen LogP contribution is -2.13. The fourth-order valence-corrected chi connectivity index (χ4v) is 2.07. The second-order valence-corrected chi connectivity index (χ2v) is 4.90. The Hall–Kier alpha value is -2.04. The van der Waals surface area contributed by atoms with E-state index in [2.05, 4.69) is 5.32 Å². The van der Waals surface area contributed by atoms with Crippen molar-refractivity contribution in [1.82, 2.24) is 0 Å². The first-order chi connectivity index (χ1) is 9.47. The molecule has 0 fully saturated rings. The van der Waals surface area contributed by atoms with E-state index in [9.17, 15) is 9.90 Å². The third-order valence-corrected chi connectivity index (χ3v) is 3.18. The Morgan fingerprint density at radius 2 is 2.05 bits per heavy atom. The van der Waals surface area contributed by atoms with Crippen molar-refractivity contribution in [2.24, 2.45) is 0 Å². The normalized spacial score (nSPS) is 11.9. The number of hydrogen-bond acceptors (Lipinski definition) is 3. The molecule has 2 aromatic rings. The summed E-state index contributed by atoms with van der Waals surface area (Å²) in [6.45, 7) is 1.66. The van der Waals surface area contributed by atoms with Gasteiger partial charge in [0, 0.05) is 11.4 Å². The SMILES string of the molecule is C[C@@H](O)c1cccc(NC(=O)c2ccc(N)cc2Cl)c1. The summed E-state index contributed by atoms with van der Waals surface area (Å²) >= 11 is 5.99. The van der Waals surface area contributed by atoms with Gasteiger partial charge in [0.25, 0.3) is 5.91 Å². The van der Waals surface area contributed by atoms with Crippen LogP contribution < -0.4 is 11.1 Å². The molecule has 0 saturated carbocycles. The van der Waals surface area contributed by atoms with E-state index in [-0.39, 0.29) is 5.91 Å². The van der Waals surface area contributed by atoms with Gasteiger partial charge in [0.15, 0.2) is 0 Å². The second-order valence-electron chi connectivity index (χ2n) is 4.49. The number of aliphatic hydroxyl groups is 1. The molecular formula is C15H15ClN2O2. The average Bonchev–Trinajstić information content (AvgIpc) is 2.38. The first kappa shape index (κ1) is 14.4. The zero-order valence-corrected chi connectivity index (χ0v) is 11.7. The highest BCUT2D eigenvalue weighted by molar-refractivity contribution is 6.34. The first-order valence-electron chi connectivity index (χ1n) is 6.12. The van der Waals surface area contributed by atoms with Crippen molar-refractivity contribution < 1.29 is 9.90 Å². The molecule has 4 nitrogen and oxygen atoms in total. The van der Waals surface area contributed by atoms with Crippen molar-refractivity contribution in [3.63, 3.8) is 0 Å². The van der Waals surface area contributed by atoms with Crippen LogP contribution in [0.5, 0.6) is 0 Å². The van der Waals surface area contributed by atoms with E-state index in [1.807, 2.05) is 0 Å². The lowest BCUT2D eigenvalue weighted by molar-refractivity contribution is 0.102. The van der Waals surface area contributed by atoms with Crippen LogP contribution in [0.4, 0.5) is 11.4 Å². The molecule has 20 heavy (non-hydrogen) atoms. The van der Waals surface area contributed by atoms with Crippen LogP contribution in [0, 0.1) is 0 Å². The van der Waals surface area contributed by atoms with Crippen LogP contribution in [0.3, 0.4) is 0 Å². The van der Waals surface area contributed by atoms with Crippen LogP contribution >= 0.6 is 11.6 Å². The number of halogens is 1. The smallest absolute Gasteiger partial charge is 0.257 e. The van der Waals surface area contributed by atoms with Crippen LogP contribution in [0.1, 0.15) is 28.9 Å². The number of aliphatic hydroxyl groups excluding tert-OH is 1. The lowest BCUT2D eigenvalue weighted by Gasteiger charge is -2.10. The number of carbonyl (C=O) groups is 1. The number of nitrogens with two attached hydrogens (primary N) is 1. The van der Waals surface area contributed by atoms with Crippen molar-refractivity contribution in [3.8, 4) is 0 Å². The van der Waals surface area contributed by atoms with Crippen LogP contribution in [0.2, 0.25) is 5.02 Å². The van der Waals surface area contributed by atoms with Crippen molar-refractivity contribution in [2.45, 2.75) is 13.0 Å². The molecule has 1 amide bonds. The van der Waals surface area contributed by atoms with Gasteiger partial charge in [-0.1, -0.05) is 23.7 Å². The molecule has 0 bridgehead atoms. The summed E-state index contributed by atoms with van der Waals surface area (Å²) in [5, 5.41) is 12.6. The first-order valence-corrected chi connectivity index (χ1v) is 6.49. The Kier molecular flexibility index (Phi) is 4.27. The van der Waals surface area contributed by atoms with E-state index in [1.165, 1.54) is 6.07 Å². The highest BCUT2D eigenvalue weighted by Gasteiger charge is 2.11. The van der Waals surface area contributed by atoms with Crippen LogP contribution in [-0.4, -0.2) is 11.0 Å². The van der Waals surface area contributed by atoms with Gasteiger partial charge in [-0.2, -0.15) is 0 Å². The third kappa shape index (κ3) is 3.29. The molecule has 104 valence electrons. The van der Waals surface area contributed by atoms with Crippen LogP contribution in [0.15, 0.2) is 42.5 Å². The van der Waals surface area contributed by atoms with Crippen molar-refractivity contribution in [1.29, 1.82) is 0 Å². The van der Waals surface area contributed by atoms with E-state index in [1.54, 1.807) is 43.3 Å². The van der Waals surface area contributed by atoms with Gasteiger partial charge < -0.3 is 16.2 Å². The van der Waals surface area contributed by atoms with E-state index in [0.29, 0.717) is 22.0 Å². The van der Waals surface area contributed by atoms with Crippen molar-refractivity contribution in [2.75, 3.05) is 11.1 Å². The van der Waals surface area contributed by atoms with Gasteiger partial charge in [0.05, 0.1) is 16.7 Å². The number of carbonyl (C=O) groups excluding carboxylic acids is 1. The standard InChI is InChI=1S/C15H15ClN2O2/c1-9(19)10-3-2-4-12(7-10)18-15(20)13-6-5-11(17)8-14(13)16/h2-9,19H,17H2,1H3,(H,18,20)/t9-/m1/s1. The summed E-state index contributed by atoms with van der Waals surface area (Å²) in [7, 11) is 0. The number of benzene rings is 2. The molecule has 0 spiro atoms. The molecule has 2 aromatic carbocycles. The largest absolute Gasteiger partial charge is 0.399 e. The minimum absolute atomic E-state index is 0.300. The molecule has 4 N–H and O–H groups in total. The highest BCUT2D eigenvalue weighted by Crippen LogP contribution is 2.22. The Bertz CT molecular complexity index is 642. The average molecular weight is 291 g/mol. The molecule has 0 saturated heterocycles. The molecular weight excluding hydrogens is 276 g/mol. The summed E-state index contributed by atoms with van der Waals surface area (Å²) in [6, 6.07) is 11.7. The van der Waals surface area contributed by atoms with Crippen LogP contribution in [0.25, 0.3) is 0 Å². The van der Waals surface area contributed by atoms with Gasteiger partial charge in [-0.05, 0) is 42.8 Å². The minimum atomic E-state index is -0.591. The van der Waals surface area contributed by atoms with Gasteiger partial charge in [-0.25, -0.2) is 0 Å². The van der Waals surface area contributed by atoms with Crippen molar-refractivity contribution >= 4 is 28.9 Å². The maximum absolute atomic E-state index is 12.1. The zero-order valence-electron chi connectivity index (χ0n) is 10.9. The molecule has 0 unspecified atom stereocenters. The Labute approximate surface area is 122 Å². The second kappa shape index (κ2) is 5.94. The number of anilines is 2. The fraction of sp³-hybridized carbons (Fsp3) is 0.133. The number of rotatable bonds is 3. The highest BCUT2D eigenvalue weighted by atomic mass is 35.5. The van der Waals surface area contributed by atoms with Gasteiger partial charge in [0.2, 0.25) is 0 Å². The fourth-order valence-electron chi connectivity index (χ4n) is 1.79. The van der Waals surface area contributed by atoms with Crippen molar-refractivity contribution in [3.05, 3.63) is 58.6 Å². The number of hydrogen-bond donors (Lipinski definition) is 3. The molecule has 0 heterocycles. The van der Waals surface area contributed by atoms with Crippen LogP contribution in [-0.2, 0) is 0 Å². The lowest BCUT2D eigenvalue weighted by atomic mass is 10.1. The monoisotopic (exact) mass is 290 g/mol. The number of nitrogen functional groups attached to an aromatic ring is 1. The molecule has 0 aliphatic rings. The molecule has 5 heteroatoms. The van der Waals surface area contributed by atoms with E-state index in [0.717, 1.165) is 5.56 Å². The summed E-state index contributed by atoms with van der Waals surface area (Å²) in [5.41, 5.74) is 7.77. The topological polar surface area (TPSA) is 75.3 Å². The van der Waals surface area contributed by atoms with Gasteiger partial charge in [-0.3, -0.25) is 4.79 Å². The predicted octanol–water partition coefficient (Wildman–Crippen LogP) is 3.23. The molecule has 0 aliphatic carbocycles. The molecule has 0 aromatic heterocycles. The molecule has 2 rings (SSSR count). The maximum atomic E-state index is 12.1. The Morgan fingerprint density at radius 3 is 2.70 bits per heavy atom. The third-order valence-electron chi connectivity index (χ3n) is 2.86. The quantitative estimate of drug-likeness (QED) is 0.760. The van der Waals surface area contributed by atoms with E-state index in [4.69, 9.17) is 17.3 Å². The van der Waals surface area contributed by atoms with E-state index >= 15 is 0 Å². The maximum Gasteiger partial charge on any atom is 0.257 e. The molecule has 0 radical (unpaired) electrons. The molecule has 0 aliphatic heterocycles.